The summed E-state index contributed by atoms with van der Waals surface area (Å²) in [5.74, 6) is 0.301. The van der Waals surface area contributed by atoms with Crippen LogP contribution < -0.4 is 10.2 Å². The zero-order valence-corrected chi connectivity index (χ0v) is 13.6. The van der Waals surface area contributed by atoms with Gasteiger partial charge < -0.3 is 9.80 Å². The molecule has 0 radical (unpaired) electrons. The van der Waals surface area contributed by atoms with Gasteiger partial charge in [0.1, 0.15) is 5.82 Å². The van der Waals surface area contributed by atoms with Crippen molar-refractivity contribution >= 4 is 28.4 Å². The van der Waals surface area contributed by atoms with Crippen LogP contribution in [0.2, 0.25) is 0 Å². The molecule has 2 heterocycles. The molecule has 0 saturated carbocycles. The summed E-state index contributed by atoms with van der Waals surface area (Å²) < 4.78 is 13.0. The second-order valence-corrected chi connectivity index (χ2v) is 6.00. The number of amides is 2. The number of aromatic nitrogens is 2. The molecule has 2 amide bonds. The van der Waals surface area contributed by atoms with E-state index in [4.69, 9.17) is 0 Å². The second-order valence-electron chi connectivity index (χ2n) is 6.00. The molecule has 2 N–H and O–H groups in total. The number of carbonyl (C=O) groups is 1. The molecule has 1 aromatic heterocycles. The second kappa shape index (κ2) is 6.43. The van der Waals surface area contributed by atoms with Crippen LogP contribution >= 0.6 is 0 Å². The third-order valence-electron chi connectivity index (χ3n) is 4.45. The first kappa shape index (κ1) is 15.4. The lowest BCUT2D eigenvalue weighted by atomic mass is 10.2. The lowest BCUT2D eigenvalue weighted by Gasteiger charge is -2.35. The van der Waals surface area contributed by atoms with Gasteiger partial charge in [-0.05, 0) is 36.4 Å². The summed E-state index contributed by atoms with van der Waals surface area (Å²) in [5, 5.41) is 10.8. The first-order chi connectivity index (χ1) is 12.2. The third-order valence-corrected chi connectivity index (χ3v) is 4.45. The number of H-pyrrole nitrogens is 1. The van der Waals surface area contributed by atoms with E-state index in [9.17, 15) is 9.18 Å². The van der Waals surface area contributed by atoms with E-state index in [-0.39, 0.29) is 11.8 Å². The maximum absolute atomic E-state index is 13.0. The molecule has 25 heavy (non-hydrogen) atoms. The Balaban J connectivity index is 1.39. The van der Waals surface area contributed by atoms with Gasteiger partial charge in [-0.3, -0.25) is 10.4 Å². The van der Waals surface area contributed by atoms with Gasteiger partial charge in [-0.2, -0.15) is 5.10 Å². The molecule has 1 aliphatic heterocycles. The molecule has 0 atom stereocenters. The number of carbonyl (C=O) groups excluding carboxylic acids is 1. The zero-order chi connectivity index (χ0) is 17.2. The van der Waals surface area contributed by atoms with Gasteiger partial charge in [0.25, 0.3) is 0 Å². The summed E-state index contributed by atoms with van der Waals surface area (Å²) in [6.07, 6.45) is 0. The van der Waals surface area contributed by atoms with E-state index in [0.717, 1.165) is 16.6 Å². The average molecular weight is 339 g/mol. The average Bonchev–Trinajstić information content (AvgIpc) is 3.06. The van der Waals surface area contributed by atoms with Crippen molar-refractivity contribution in [3.63, 3.8) is 0 Å². The predicted molar refractivity (Wildman–Crippen MR) is 95.3 cm³/mol. The van der Waals surface area contributed by atoms with Crippen molar-refractivity contribution in [3.05, 3.63) is 54.3 Å². The van der Waals surface area contributed by atoms with Crippen molar-refractivity contribution in [2.24, 2.45) is 0 Å². The van der Waals surface area contributed by atoms with Gasteiger partial charge in [0.05, 0.1) is 5.52 Å². The largest absolute Gasteiger partial charge is 0.368 e. The summed E-state index contributed by atoms with van der Waals surface area (Å²) in [6.45, 7) is 2.62. The highest BCUT2D eigenvalue weighted by atomic mass is 19.1. The van der Waals surface area contributed by atoms with E-state index < -0.39 is 0 Å². The van der Waals surface area contributed by atoms with Crippen LogP contribution in [-0.2, 0) is 0 Å². The summed E-state index contributed by atoms with van der Waals surface area (Å²) in [7, 11) is 0. The number of nitrogens with one attached hydrogen (secondary N) is 2. The van der Waals surface area contributed by atoms with Crippen molar-refractivity contribution in [1.29, 1.82) is 0 Å². The molecule has 0 spiro atoms. The number of urea groups is 1. The first-order valence-corrected chi connectivity index (χ1v) is 8.20. The van der Waals surface area contributed by atoms with Crippen molar-refractivity contribution in [2.45, 2.75) is 0 Å². The van der Waals surface area contributed by atoms with Crippen LogP contribution in [0.1, 0.15) is 0 Å². The normalized spacial score (nSPS) is 14.8. The third kappa shape index (κ3) is 3.13. The molecular formula is C18H18FN5O. The number of benzene rings is 2. The Bertz CT molecular complexity index is 884. The molecule has 3 aromatic rings. The number of halogens is 1. The quantitative estimate of drug-likeness (QED) is 0.754. The van der Waals surface area contributed by atoms with E-state index in [0.29, 0.717) is 32.0 Å². The Morgan fingerprint density at radius 1 is 1.04 bits per heavy atom. The summed E-state index contributed by atoms with van der Waals surface area (Å²) in [4.78, 5) is 16.4. The minimum absolute atomic E-state index is 0.156. The molecule has 1 saturated heterocycles. The van der Waals surface area contributed by atoms with Gasteiger partial charge >= 0.3 is 6.03 Å². The summed E-state index contributed by atoms with van der Waals surface area (Å²) in [5.41, 5.74) is 1.86. The molecule has 0 aliphatic carbocycles. The number of piperazine rings is 1. The topological polar surface area (TPSA) is 64.3 Å². The molecule has 128 valence electrons. The van der Waals surface area contributed by atoms with Crippen LogP contribution in [0.3, 0.4) is 0 Å². The highest BCUT2D eigenvalue weighted by Gasteiger charge is 2.22. The molecule has 1 fully saturated rings. The number of hydrogen-bond donors (Lipinski definition) is 2. The fourth-order valence-corrected chi connectivity index (χ4v) is 3.06. The highest BCUT2D eigenvalue weighted by Crippen LogP contribution is 2.21. The van der Waals surface area contributed by atoms with E-state index in [1.165, 1.54) is 12.1 Å². The number of rotatable bonds is 2. The Morgan fingerprint density at radius 3 is 2.52 bits per heavy atom. The van der Waals surface area contributed by atoms with E-state index in [2.05, 4.69) is 20.4 Å². The number of nitrogens with zero attached hydrogens (tertiary/aromatic N) is 3. The fraction of sp³-hybridized carbons (Fsp3) is 0.222. The highest BCUT2D eigenvalue weighted by molar-refractivity contribution is 5.98. The monoisotopic (exact) mass is 339 g/mol. The molecule has 0 unspecified atom stereocenters. The van der Waals surface area contributed by atoms with Crippen LogP contribution in [0.15, 0.2) is 48.5 Å². The van der Waals surface area contributed by atoms with Gasteiger partial charge in [0.2, 0.25) is 0 Å². The van der Waals surface area contributed by atoms with Crippen molar-refractivity contribution < 1.29 is 9.18 Å². The zero-order valence-electron chi connectivity index (χ0n) is 13.6. The minimum Gasteiger partial charge on any atom is -0.368 e. The lowest BCUT2D eigenvalue weighted by molar-refractivity contribution is 0.208. The van der Waals surface area contributed by atoms with E-state index >= 15 is 0 Å². The fourth-order valence-electron chi connectivity index (χ4n) is 3.06. The maximum atomic E-state index is 13.0. The minimum atomic E-state index is -0.243. The predicted octanol–water partition coefficient (Wildman–Crippen LogP) is 3.06. The first-order valence-electron chi connectivity index (χ1n) is 8.20. The number of hydrogen-bond acceptors (Lipinski definition) is 3. The standard InChI is InChI=1S/C18H18FN5O/c19-13-5-7-14(8-6-13)23-9-11-24(12-10-23)18(25)20-17-15-3-1-2-4-16(15)21-22-17/h1-8H,9-12H2,(H2,20,21,22,25). The van der Waals surface area contributed by atoms with Gasteiger partial charge in [-0.1, -0.05) is 12.1 Å². The maximum Gasteiger partial charge on any atom is 0.323 e. The van der Waals surface area contributed by atoms with Crippen LogP contribution in [0.25, 0.3) is 10.9 Å². The summed E-state index contributed by atoms with van der Waals surface area (Å²) >= 11 is 0. The number of para-hydroxylation sites is 1. The van der Waals surface area contributed by atoms with Gasteiger partial charge in [-0.15, -0.1) is 0 Å². The van der Waals surface area contributed by atoms with E-state index in [1.807, 2.05) is 24.3 Å². The molecule has 7 heteroatoms. The smallest absolute Gasteiger partial charge is 0.323 e. The van der Waals surface area contributed by atoms with Crippen LogP contribution in [0.5, 0.6) is 0 Å². The van der Waals surface area contributed by atoms with Crippen LogP contribution in [0.4, 0.5) is 20.7 Å². The Kier molecular flexibility index (Phi) is 3.97. The molecule has 2 aromatic carbocycles. The van der Waals surface area contributed by atoms with Gasteiger partial charge in [0, 0.05) is 37.3 Å². The summed E-state index contributed by atoms with van der Waals surface area (Å²) in [6, 6.07) is 13.9. The van der Waals surface area contributed by atoms with E-state index in [1.54, 1.807) is 17.0 Å². The Morgan fingerprint density at radius 2 is 1.76 bits per heavy atom. The number of fused-ring (bicyclic) bond motifs is 1. The van der Waals surface area contributed by atoms with Gasteiger partial charge in [-0.25, -0.2) is 9.18 Å². The Labute approximate surface area is 144 Å². The SMILES string of the molecule is O=C(Nc1n[nH]c2ccccc12)N1CCN(c2ccc(F)cc2)CC1. The lowest BCUT2D eigenvalue weighted by Crippen LogP contribution is -2.50. The molecule has 1 aliphatic rings. The van der Waals surface area contributed by atoms with Crippen molar-refractivity contribution in [2.75, 3.05) is 36.4 Å². The molecule has 6 nitrogen and oxygen atoms in total. The van der Waals surface area contributed by atoms with Crippen LogP contribution in [-0.4, -0.2) is 47.3 Å². The van der Waals surface area contributed by atoms with Gasteiger partial charge in [0.15, 0.2) is 5.82 Å². The number of aromatic amines is 1. The Hall–Kier alpha value is -3.09. The molecule has 4 rings (SSSR count). The molecular weight excluding hydrogens is 321 g/mol. The van der Waals surface area contributed by atoms with Crippen molar-refractivity contribution in [1.82, 2.24) is 15.1 Å². The van der Waals surface area contributed by atoms with Crippen LogP contribution in [0, 0.1) is 5.82 Å². The van der Waals surface area contributed by atoms with Crippen molar-refractivity contribution in [3.8, 4) is 0 Å². The number of anilines is 2. The molecule has 0 bridgehead atoms.